The zero-order chi connectivity index (χ0) is 22.1. The molecule has 1 aliphatic carbocycles. The van der Waals surface area contributed by atoms with Crippen LogP contribution in [0.15, 0.2) is 72.8 Å². The maximum atomic E-state index is 10.2. The molecule has 1 fully saturated rings. The predicted octanol–water partition coefficient (Wildman–Crippen LogP) is 5.35. The quantitative estimate of drug-likeness (QED) is 0.553. The summed E-state index contributed by atoms with van der Waals surface area (Å²) in [5, 5.41) is 20.4. The van der Waals surface area contributed by atoms with Crippen LogP contribution in [-0.2, 0) is 15.7 Å². The molecule has 31 heavy (non-hydrogen) atoms. The van der Waals surface area contributed by atoms with Gasteiger partial charge in [-0.15, -0.1) is 0 Å². The van der Waals surface area contributed by atoms with Crippen molar-refractivity contribution in [1.29, 1.82) is 0 Å². The van der Waals surface area contributed by atoms with E-state index in [9.17, 15) is 10.0 Å². The summed E-state index contributed by atoms with van der Waals surface area (Å²) in [4.78, 5) is 0. The van der Waals surface area contributed by atoms with Gasteiger partial charge in [0.15, 0.2) is 0 Å². The van der Waals surface area contributed by atoms with Crippen LogP contribution in [0.1, 0.15) is 59.1 Å². The molecule has 1 atom stereocenters. The summed E-state index contributed by atoms with van der Waals surface area (Å²) in [7, 11) is -1.87. The highest BCUT2D eigenvalue weighted by Gasteiger charge is 2.59. The van der Waals surface area contributed by atoms with E-state index in [1.165, 1.54) is 22.3 Å². The maximum absolute atomic E-state index is 10.2. The highest BCUT2D eigenvalue weighted by Crippen LogP contribution is 2.59. The van der Waals surface area contributed by atoms with Gasteiger partial charge in [-0.1, -0.05) is 85.6 Å². The van der Waals surface area contributed by atoms with Crippen LogP contribution in [0, 0.1) is 20.8 Å². The van der Waals surface area contributed by atoms with E-state index >= 15 is 0 Å². The van der Waals surface area contributed by atoms with Gasteiger partial charge in [0.05, 0.1) is 11.0 Å². The van der Waals surface area contributed by atoms with Crippen LogP contribution >= 0.6 is 0 Å². The van der Waals surface area contributed by atoms with Crippen LogP contribution in [0.4, 0.5) is 0 Å². The second-order valence-corrected chi connectivity index (χ2v) is 8.83. The summed E-state index contributed by atoms with van der Waals surface area (Å²) < 4.78 is 6.29. The summed E-state index contributed by atoms with van der Waals surface area (Å²) >= 11 is 0. The molecule has 1 unspecified atom stereocenters. The first-order chi connectivity index (χ1) is 14.9. The van der Waals surface area contributed by atoms with E-state index in [1.54, 1.807) is 0 Å². The minimum atomic E-state index is -1.87. The van der Waals surface area contributed by atoms with Crippen molar-refractivity contribution in [2.75, 3.05) is 0 Å². The van der Waals surface area contributed by atoms with E-state index in [1.807, 2.05) is 12.1 Å². The molecule has 3 aromatic rings. The Morgan fingerprint density at radius 1 is 0.645 bits per heavy atom. The lowest BCUT2D eigenvalue weighted by atomic mass is 9.52. The molecule has 3 nitrogen and oxygen atoms in total. The summed E-state index contributed by atoms with van der Waals surface area (Å²) in [6, 6.07) is 25.1. The van der Waals surface area contributed by atoms with Crippen molar-refractivity contribution < 1.29 is 14.7 Å². The topological polar surface area (TPSA) is 49.7 Å². The first kappa shape index (κ1) is 21.8. The molecule has 0 spiro atoms. The summed E-state index contributed by atoms with van der Waals surface area (Å²) in [5.74, 6) is 0. The summed E-state index contributed by atoms with van der Waals surface area (Å²) in [6.07, 6.45) is 3.57. The number of rotatable bonds is 5. The van der Waals surface area contributed by atoms with Gasteiger partial charge in [0.25, 0.3) is 0 Å². The second kappa shape index (κ2) is 8.62. The molecule has 1 saturated carbocycles. The zero-order valence-electron chi connectivity index (χ0n) is 18.6. The Balaban J connectivity index is 2.16. The van der Waals surface area contributed by atoms with Crippen molar-refractivity contribution in [3.05, 3.63) is 106 Å². The fraction of sp³-hybridized carbons (Fsp3) is 0.333. The molecular weight excluding hydrogens is 383 g/mol. The lowest BCUT2D eigenvalue weighted by Gasteiger charge is -2.56. The zero-order valence-corrected chi connectivity index (χ0v) is 18.6. The van der Waals surface area contributed by atoms with Crippen molar-refractivity contribution in [2.24, 2.45) is 0 Å². The molecule has 3 aromatic carbocycles. The van der Waals surface area contributed by atoms with Crippen molar-refractivity contribution in [3.63, 3.8) is 0 Å². The molecule has 0 radical (unpaired) electrons. The summed E-state index contributed by atoms with van der Waals surface area (Å²) in [6.45, 7) is 6.36. The Morgan fingerprint density at radius 3 is 1.52 bits per heavy atom. The third-order valence-corrected chi connectivity index (χ3v) is 7.12. The highest BCUT2D eigenvalue weighted by molar-refractivity contribution is 6.32. The van der Waals surface area contributed by atoms with Crippen molar-refractivity contribution >= 4 is 7.32 Å². The molecular formula is C27H31BO3. The Hall–Kier alpha value is -2.40. The standard InChI is InChI=1S/C27H31BO3/c1-20-12-4-7-15-23(20)26(24-16-8-5-13-21(24)2)18-10-11-19-27(26,31-28(29)30)25-17-9-6-14-22(25)3/h4-9,12-17,29-30H,10-11,18-19H2,1-3H3. The molecule has 4 heteroatoms. The Bertz CT molecular complexity index is 1020. The smallest absolute Gasteiger partial charge is 0.402 e. The normalized spacial score (nSPS) is 20.4. The number of aryl methyl sites for hydroxylation is 3. The Labute approximate surface area is 185 Å². The van der Waals surface area contributed by atoms with Gasteiger partial charge < -0.3 is 14.7 Å². The number of benzene rings is 3. The monoisotopic (exact) mass is 414 g/mol. The van der Waals surface area contributed by atoms with Gasteiger partial charge in [0.2, 0.25) is 0 Å². The van der Waals surface area contributed by atoms with Gasteiger partial charge in [0, 0.05) is 0 Å². The molecule has 0 aliphatic heterocycles. The molecule has 0 bridgehead atoms. The van der Waals surface area contributed by atoms with Gasteiger partial charge in [-0.25, -0.2) is 0 Å². The Kier molecular flexibility index (Phi) is 6.07. The van der Waals surface area contributed by atoms with Crippen LogP contribution < -0.4 is 0 Å². The third kappa shape index (κ3) is 3.53. The predicted molar refractivity (Wildman–Crippen MR) is 126 cm³/mol. The fourth-order valence-electron chi connectivity index (χ4n) is 5.93. The largest absolute Gasteiger partial charge is 0.634 e. The minimum absolute atomic E-state index is 0.558. The first-order valence-electron chi connectivity index (χ1n) is 11.1. The van der Waals surface area contributed by atoms with Crippen LogP contribution in [-0.4, -0.2) is 17.4 Å². The number of hydrogen-bond donors (Lipinski definition) is 2. The van der Waals surface area contributed by atoms with Gasteiger partial charge in [-0.2, -0.15) is 0 Å². The first-order valence-corrected chi connectivity index (χ1v) is 11.1. The van der Waals surface area contributed by atoms with Gasteiger partial charge >= 0.3 is 7.32 Å². The maximum Gasteiger partial charge on any atom is 0.634 e. The highest BCUT2D eigenvalue weighted by atomic mass is 16.6. The number of hydrogen-bond acceptors (Lipinski definition) is 3. The van der Waals surface area contributed by atoms with Gasteiger partial charge in [-0.3, -0.25) is 0 Å². The van der Waals surface area contributed by atoms with Crippen molar-refractivity contribution in [1.82, 2.24) is 0 Å². The molecule has 1 aliphatic rings. The van der Waals surface area contributed by atoms with Crippen molar-refractivity contribution in [3.8, 4) is 0 Å². The van der Waals surface area contributed by atoms with E-state index in [-0.39, 0.29) is 0 Å². The molecule has 160 valence electrons. The van der Waals surface area contributed by atoms with Gasteiger partial charge in [0.1, 0.15) is 0 Å². The van der Waals surface area contributed by atoms with Crippen LogP contribution in [0.25, 0.3) is 0 Å². The molecule has 4 rings (SSSR count). The average molecular weight is 414 g/mol. The van der Waals surface area contributed by atoms with E-state index < -0.39 is 18.3 Å². The minimum Gasteiger partial charge on any atom is -0.402 e. The fourth-order valence-corrected chi connectivity index (χ4v) is 5.93. The van der Waals surface area contributed by atoms with Crippen LogP contribution in [0.2, 0.25) is 0 Å². The van der Waals surface area contributed by atoms with E-state index in [4.69, 9.17) is 4.65 Å². The molecule has 0 amide bonds. The van der Waals surface area contributed by atoms with Crippen LogP contribution in [0.3, 0.4) is 0 Å². The van der Waals surface area contributed by atoms with Gasteiger partial charge in [-0.05, 0) is 67.0 Å². The third-order valence-electron chi connectivity index (χ3n) is 7.12. The lowest BCUT2D eigenvalue weighted by molar-refractivity contribution is -0.0670. The van der Waals surface area contributed by atoms with E-state index in [2.05, 4.69) is 81.4 Å². The SMILES string of the molecule is Cc1ccccc1C1(OB(O)O)CCCCC1(c1ccccc1C)c1ccccc1C. The Morgan fingerprint density at radius 2 is 1.06 bits per heavy atom. The second-order valence-electron chi connectivity index (χ2n) is 8.83. The van der Waals surface area contributed by atoms with E-state index in [0.717, 1.165) is 30.4 Å². The average Bonchev–Trinajstić information content (AvgIpc) is 2.75. The molecule has 2 N–H and O–H groups in total. The van der Waals surface area contributed by atoms with Crippen LogP contribution in [0.5, 0.6) is 0 Å². The molecule has 0 saturated heterocycles. The lowest BCUT2D eigenvalue weighted by Crippen LogP contribution is -2.57. The van der Waals surface area contributed by atoms with Crippen molar-refractivity contribution in [2.45, 2.75) is 57.5 Å². The van der Waals surface area contributed by atoms with E-state index in [0.29, 0.717) is 6.42 Å². The molecule has 0 heterocycles. The molecule has 0 aromatic heterocycles. The summed E-state index contributed by atoms with van der Waals surface area (Å²) in [5.41, 5.74) is 5.38.